The van der Waals surface area contributed by atoms with E-state index in [0.29, 0.717) is 5.65 Å². The number of alkyl halides is 3. The van der Waals surface area contributed by atoms with Gasteiger partial charge in [0.1, 0.15) is 6.33 Å². The maximum Gasteiger partial charge on any atom is 0.417 e. The molecule has 0 radical (unpaired) electrons. The number of halogens is 3. The second kappa shape index (κ2) is 4.01. The van der Waals surface area contributed by atoms with E-state index in [1.165, 1.54) is 17.0 Å². The van der Waals surface area contributed by atoms with E-state index >= 15 is 0 Å². The first-order chi connectivity index (χ1) is 9.07. The summed E-state index contributed by atoms with van der Waals surface area (Å²) in [6.45, 7) is 0. The van der Waals surface area contributed by atoms with E-state index in [2.05, 4.69) is 20.1 Å². The maximum absolute atomic E-state index is 13.0. The Morgan fingerprint density at radius 3 is 2.68 bits per heavy atom. The third-order valence-corrected chi connectivity index (χ3v) is 2.56. The van der Waals surface area contributed by atoms with Crippen LogP contribution in [0.25, 0.3) is 17.0 Å². The van der Waals surface area contributed by atoms with Crippen molar-refractivity contribution in [3.05, 3.63) is 42.6 Å². The van der Waals surface area contributed by atoms with Crippen LogP contribution < -0.4 is 0 Å². The first-order valence-electron chi connectivity index (χ1n) is 5.24. The Bertz CT molecular complexity index is 734. The zero-order valence-electron chi connectivity index (χ0n) is 9.33. The van der Waals surface area contributed by atoms with Gasteiger partial charge in [0, 0.05) is 24.0 Å². The zero-order valence-corrected chi connectivity index (χ0v) is 9.33. The highest BCUT2D eigenvalue weighted by Gasteiger charge is 2.34. The quantitative estimate of drug-likeness (QED) is 0.677. The first-order valence-corrected chi connectivity index (χ1v) is 5.24. The number of aromatic nitrogens is 5. The van der Waals surface area contributed by atoms with Gasteiger partial charge in [-0.2, -0.15) is 22.8 Å². The normalized spacial score (nSPS) is 11.9. The van der Waals surface area contributed by atoms with E-state index in [9.17, 15) is 13.2 Å². The predicted octanol–water partition coefficient (Wildman–Crippen LogP) is 2.21. The molecule has 0 atom stereocenters. The van der Waals surface area contributed by atoms with Crippen LogP contribution in [0.4, 0.5) is 13.2 Å². The Morgan fingerprint density at radius 1 is 1.05 bits per heavy atom. The third-order valence-electron chi connectivity index (χ3n) is 2.56. The molecule has 3 heterocycles. The molecule has 5 nitrogen and oxygen atoms in total. The van der Waals surface area contributed by atoms with Crippen LogP contribution in [-0.2, 0) is 6.18 Å². The van der Waals surface area contributed by atoms with E-state index in [-0.39, 0.29) is 11.4 Å². The summed E-state index contributed by atoms with van der Waals surface area (Å²) in [5.41, 5.74) is -0.522. The van der Waals surface area contributed by atoms with E-state index in [4.69, 9.17) is 0 Å². The Labute approximate surface area is 104 Å². The lowest BCUT2D eigenvalue weighted by Crippen LogP contribution is -2.10. The standard InChI is InChI=1S/C11H6F3N5/c12-11(13,14)8-1-3-15-5-7(8)10-17-6-16-9-2-4-18-19(9)10/h1-6H. The largest absolute Gasteiger partial charge is 0.417 e. The highest BCUT2D eigenvalue weighted by atomic mass is 19.4. The fraction of sp³-hybridized carbons (Fsp3) is 0.0909. The van der Waals surface area contributed by atoms with E-state index in [1.54, 1.807) is 6.07 Å². The molecule has 0 amide bonds. The summed E-state index contributed by atoms with van der Waals surface area (Å²) in [5.74, 6) is 0.0513. The van der Waals surface area contributed by atoms with Crippen LogP contribution in [0.1, 0.15) is 5.56 Å². The number of nitrogens with zero attached hydrogens (tertiary/aromatic N) is 5. The molecule has 96 valence electrons. The van der Waals surface area contributed by atoms with Crippen LogP contribution in [0.5, 0.6) is 0 Å². The Hall–Kier alpha value is -2.51. The van der Waals surface area contributed by atoms with E-state index in [1.807, 2.05) is 0 Å². The summed E-state index contributed by atoms with van der Waals surface area (Å²) in [7, 11) is 0. The van der Waals surface area contributed by atoms with E-state index in [0.717, 1.165) is 18.5 Å². The van der Waals surface area contributed by atoms with Gasteiger partial charge in [-0.25, -0.2) is 9.97 Å². The lowest BCUT2D eigenvalue weighted by Gasteiger charge is -2.11. The molecule has 0 aliphatic heterocycles. The van der Waals surface area contributed by atoms with Gasteiger partial charge in [0.2, 0.25) is 0 Å². The molecule has 0 fully saturated rings. The molecule has 3 aromatic heterocycles. The van der Waals surface area contributed by atoms with Crippen molar-refractivity contribution in [3.63, 3.8) is 0 Å². The average Bonchev–Trinajstić information content (AvgIpc) is 2.85. The van der Waals surface area contributed by atoms with Gasteiger partial charge >= 0.3 is 6.18 Å². The molecule has 3 rings (SSSR count). The lowest BCUT2D eigenvalue weighted by molar-refractivity contribution is -0.137. The Kier molecular flexibility index (Phi) is 2.44. The summed E-state index contributed by atoms with van der Waals surface area (Å²) in [5, 5.41) is 3.91. The zero-order chi connectivity index (χ0) is 13.5. The fourth-order valence-corrected chi connectivity index (χ4v) is 1.76. The average molecular weight is 265 g/mol. The lowest BCUT2D eigenvalue weighted by atomic mass is 10.1. The van der Waals surface area contributed by atoms with Crippen LogP contribution in [0, 0.1) is 0 Å². The van der Waals surface area contributed by atoms with Gasteiger partial charge < -0.3 is 0 Å². The molecule has 0 aliphatic carbocycles. The predicted molar refractivity (Wildman–Crippen MR) is 59.0 cm³/mol. The van der Waals surface area contributed by atoms with Crippen LogP contribution in [-0.4, -0.2) is 24.6 Å². The molecule has 0 aliphatic rings. The Balaban J connectivity index is 2.31. The van der Waals surface area contributed by atoms with Gasteiger partial charge in [-0.15, -0.1) is 0 Å². The highest BCUT2D eigenvalue weighted by Crippen LogP contribution is 2.35. The molecule has 0 aromatic carbocycles. The van der Waals surface area contributed by atoms with Gasteiger partial charge in [-0.3, -0.25) is 4.98 Å². The summed E-state index contributed by atoms with van der Waals surface area (Å²) >= 11 is 0. The second-order valence-electron chi connectivity index (χ2n) is 3.72. The minimum absolute atomic E-state index is 0.0513. The second-order valence-corrected chi connectivity index (χ2v) is 3.72. The Morgan fingerprint density at radius 2 is 1.89 bits per heavy atom. The van der Waals surface area contributed by atoms with E-state index < -0.39 is 11.7 Å². The van der Waals surface area contributed by atoms with Crippen molar-refractivity contribution in [2.45, 2.75) is 6.18 Å². The van der Waals surface area contributed by atoms with Gasteiger partial charge in [0.25, 0.3) is 0 Å². The summed E-state index contributed by atoms with van der Waals surface area (Å²) < 4.78 is 40.1. The van der Waals surface area contributed by atoms with Gasteiger partial charge in [0.15, 0.2) is 11.5 Å². The molecule has 0 saturated heterocycles. The highest BCUT2D eigenvalue weighted by molar-refractivity contribution is 5.62. The molecule has 0 unspecified atom stereocenters. The van der Waals surface area contributed by atoms with Crippen molar-refractivity contribution >= 4 is 5.65 Å². The van der Waals surface area contributed by atoms with Gasteiger partial charge in [-0.1, -0.05) is 0 Å². The third kappa shape index (κ3) is 1.90. The number of rotatable bonds is 1. The summed E-state index contributed by atoms with van der Waals surface area (Å²) in [4.78, 5) is 11.5. The van der Waals surface area contributed by atoms with Crippen LogP contribution in [0.2, 0.25) is 0 Å². The number of pyridine rings is 1. The number of hydrogen-bond acceptors (Lipinski definition) is 4. The molecular weight excluding hydrogens is 259 g/mol. The molecule has 8 heteroatoms. The van der Waals surface area contributed by atoms with Crippen LogP contribution in [0.15, 0.2) is 37.1 Å². The smallest absolute Gasteiger partial charge is 0.264 e. The summed E-state index contributed by atoms with van der Waals surface area (Å²) in [6, 6.07) is 2.49. The number of hydrogen-bond donors (Lipinski definition) is 0. The SMILES string of the molecule is FC(F)(F)c1ccncc1-c1ncnc2ccnn12. The minimum Gasteiger partial charge on any atom is -0.264 e. The van der Waals surface area contributed by atoms with Crippen molar-refractivity contribution < 1.29 is 13.2 Å². The van der Waals surface area contributed by atoms with Gasteiger partial charge in [0.05, 0.1) is 11.8 Å². The molecule has 0 spiro atoms. The molecule has 0 saturated carbocycles. The van der Waals surface area contributed by atoms with Crippen LogP contribution >= 0.6 is 0 Å². The van der Waals surface area contributed by atoms with Crippen molar-refractivity contribution in [3.8, 4) is 11.4 Å². The van der Waals surface area contributed by atoms with Crippen molar-refractivity contribution in [1.82, 2.24) is 24.6 Å². The van der Waals surface area contributed by atoms with Crippen molar-refractivity contribution in [2.24, 2.45) is 0 Å². The first kappa shape index (κ1) is 11.6. The molecule has 0 N–H and O–H groups in total. The topological polar surface area (TPSA) is 56.0 Å². The van der Waals surface area contributed by atoms with Crippen LogP contribution in [0.3, 0.4) is 0 Å². The monoisotopic (exact) mass is 265 g/mol. The maximum atomic E-state index is 13.0. The van der Waals surface area contributed by atoms with Crippen molar-refractivity contribution in [2.75, 3.05) is 0 Å². The van der Waals surface area contributed by atoms with Crippen molar-refractivity contribution in [1.29, 1.82) is 0 Å². The fourth-order valence-electron chi connectivity index (χ4n) is 1.76. The molecular formula is C11H6F3N5. The minimum atomic E-state index is -4.48. The molecule has 0 bridgehead atoms. The number of fused-ring (bicyclic) bond motifs is 1. The molecule has 19 heavy (non-hydrogen) atoms. The summed E-state index contributed by atoms with van der Waals surface area (Å²) in [6.07, 6.45) is 0.361. The molecule has 3 aromatic rings. The van der Waals surface area contributed by atoms with Gasteiger partial charge in [-0.05, 0) is 6.07 Å².